The van der Waals surface area contributed by atoms with Gasteiger partial charge in [-0.3, -0.25) is 4.99 Å². The second-order valence-corrected chi connectivity index (χ2v) is 5.47. The molecule has 0 amide bonds. The number of benzene rings is 2. The third-order valence-electron chi connectivity index (χ3n) is 3.73. The van der Waals surface area contributed by atoms with Gasteiger partial charge < -0.3 is 4.90 Å². The van der Waals surface area contributed by atoms with Crippen LogP contribution in [0.25, 0.3) is 0 Å². The number of rotatable bonds is 4. The van der Waals surface area contributed by atoms with Crippen LogP contribution in [0.2, 0.25) is 0 Å². The minimum atomic E-state index is -0.200. The van der Waals surface area contributed by atoms with Crippen LogP contribution in [0, 0.1) is 5.82 Å². The number of hydrogen-bond acceptors (Lipinski definition) is 2. The predicted molar refractivity (Wildman–Crippen MR) is 85.4 cm³/mol. The number of halogens is 1. The van der Waals surface area contributed by atoms with E-state index in [0.717, 1.165) is 30.9 Å². The van der Waals surface area contributed by atoms with Crippen LogP contribution in [0.1, 0.15) is 18.9 Å². The van der Waals surface area contributed by atoms with Crippen molar-refractivity contribution >= 4 is 11.5 Å². The van der Waals surface area contributed by atoms with Crippen molar-refractivity contribution in [2.45, 2.75) is 25.8 Å². The first-order valence-electron chi connectivity index (χ1n) is 7.36. The van der Waals surface area contributed by atoms with E-state index in [9.17, 15) is 4.39 Å². The third-order valence-corrected chi connectivity index (χ3v) is 3.73. The molecule has 1 atom stereocenters. The van der Waals surface area contributed by atoms with Gasteiger partial charge in [-0.2, -0.15) is 0 Å². The minimum absolute atomic E-state index is 0.200. The maximum Gasteiger partial charge on any atom is 0.125 e. The molecule has 0 saturated carbocycles. The van der Waals surface area contributed by atoms with E-state index in [1.807, 2.05) is 12.1 Å². The van der Waals surface area contributed by atoms with Gasteiger partial charge in [0.25, 0.3) is 0 Å². The topological polar surface area (TPSA) is 15.6 Å². The molecule has 0 N–H and O–H groups in total. The van der Waals surface area contributed by atoms with E-state index in [1.54, 1.807) is 12.1 Å². The molecule has 3 rings (SSSR count). The molecule has 0 spiro atoms. The fraction of sp³-hybridized carbons (Fsp3) is 0.278. The van der Waals surface area contributed by atoms with Crippen LogP contribution in [0.4, 0.5) is 10.1 Å². The van der Waals surface area contributed by atoms with Crippen molar-refractivity contribution in [3.05, 3.63) is 66.0 Å². The number of nitrogens with zero attached hydrogens (tertiary/aromatic N) is 2. The summed E-state index contributed by atoms with van der Waals surface area (Å²) in [5.74, 6) is 0.853. The molecule has 1 aliphatic heterocycles. The monoisotopic (exact) mass is 282 g/mol. The Morgan fingerprint density at radius 3 is 2.67 bits per heavy atom. The Balaban J connectivity index is 1.74. The molecule has 2 aromatic carbocycles. The second kappa shape index (κ2) is 6.08. The Kier molecular flexibility index (Phi) is 4.00. The van der Waals surface area contributed by atoms with Crippen molar-refractivity contribution < 1.29 is 4.39 Å². The standard InChI is InChI=1S/C18H19FN2/c1-14-13-21(17-9-5-8-16(19)12-17)18(20-14)11-10-15-6-3-2-4-7-15/h2-9,12,14H,10-11,13H2,1H3. The third kappa shape index (κ3) is 3.30. The molecule has 1 aliphatic rings. The average molecular weight is 282 g/mol. The van der Waals surface area contributed by atoms with Crippen LogP contribution in [0.5, 0.6) is 0 Å². The quantitative estimate of drug-likeness (QED) is 0.825. The Labute approximate surface area is 124 Å². The number of aliphatic imine (C=N–C) groups is 1. The number of anilines is 1. The molecule has 0 fully saturated rings. The summed E-state index contributed by atoms with van der Waals surface area (Å²) < 4.78 is 13.4. The lowest BCUT2D eigenvalue weighted by atomic mass is 10.1. The summed E-state index contributed by atoms with van der Waals surface area (Å²) in [5, 5.41) is 0. The first-order chi connectivity index (χ1) is 10.2. The lowest BCUT2D eigenvalue weighted by Gasteiger charge is -2.21. The molecule has 0 saturated heterocycles. The highest BCUT2D eigenvalue weighted by atomic mass is 19.1. The molecule has 21 heavy (non-hydrogen) atoms. The molecule has 1 unspecified atom stereocenters. The fourth-order valence-corrected chi connectivity index (χ4v) is 2.73. The van der Waals surface area contributed by atoms with Crippen molar-refractivity contribution in [2.24, 2.45) is 4.99 Å². The highest BCUT2D eigenvalue weighted by molar-refractivity contribution is 5.99. The molecule has 3 heteroatoms. The first kappa shape index (κ1) is 13.8. The second-order valence-electron chi connectivity index (χ2n) is 5.47. The van der Waals surface area contributed by atoms with E-state index in [2.05, 4.69) is 36.1 Å². The summed E-state index contributed by atoms with van der Waals surface area (Å²) in [6, 6.07) is 17.4. The van der Waals surface area contributed by atoms with Gasteiger partial charge in [-0.1, -0.05) is 36.4 Å². The zero-order chi connectivity index (χ0) is 14.7. The molecule has 2 nitrogen and oxygen atoms in total. The van der Waals surface area contributed by atoms with Crippen molar-refractivity contribution in [3.63, 3.8) is 0 Å². The minimum Gasteiger partial charge on any atom is -0.328 e. The fourth-order valence-electron chi connectivity index (χ4n) is 2.73. The number of hydrogen-bond donors (Lipinski definition) is 0. The molecule has 2 aromatic rings. The van der Waals surface area contributed by atoms with Gasteiger partial charge in [-0.15, -0.1) is 0 Å². The van der Waals surface area contributed by atoms with Crippen molar-refractivity contribution in [2.75, 3.05) is 11.4 Å². The lowest BCUT2D eigenvalue weighted by Crippen LogP contribution is -2.29. The summed E-state index contributed by atoms with van der Waals surface area (Å²) in [7, 11) is 0. The van der Waals surface area contributed by atoms with E-state index in [1.165, 1.54) is 11.6 Å². The SMILES string of the molecule is CC1CN(c2cccc(F)c2)C(CCc2ccccc2)=N1. The highest BCUT2D eigenvalue weighted by Gasteiger charge is 2.23. The van der Waals surface area contributed by atoms with Gasteiger partial charge in [0.15, 0.2) is 0 Å². The molecule has 0 bridgehead atoms. The van der Waals surface area contributed by atoms with E-state index >= 15 is 0 Å². The van der Waals surface area contributed by atoms with Gasteiger partial charge in [0.2, 0.25) is 0 Å². The molecular weight excluding hydrogens is 263 g/mol. The van der Waals surface area contributed by atoms with Crippen LogP contribution >= 0.6 is 0 Å². The molecule has 0 aromatic heterocycles. The Hall–Kier alpha value is -2.16. The number of amidine groups is 1. The van der Waals surface area contributed by atoms with Gasteiger partial charge in [-0.05, 0) is 37.1 Å². The summed E-state index contributed by atoms with van der Waals surface area (Å²) >= 11 is 0. The van der Waals surface area contributed by atoms with Crippen LogP contribution < -0.4 is 4.90 Å². The molecule has 0 radical (unpaired) electrons. The molecule has 1 heterocycles. The van der Waals surface area contributed by atoms with Crippen molar-refractivity contribution in [1.29, 1.82) is 0 Å². The van der Waals surface area contributed by atoms with Crippen LogP contribution in [0.3, 0.4) is 0 Å². The normalized spacial score (nSPS) is 17.9. The predicted octanol–water partition coefficient (Wildman–Crippen LogP) is 4.07. The summed E-state index contributed by atoms with van der Waals surface area (Å²) in [6.45, 7) is 2.93. The van der Waals surface area contributed by atoms with Crippen LogP contribution in [-0.2, 0) is 6.42 Å². The van der Waals surface area contributed by atoms with Gasteiger partial charge in [-0.25, -0.2) is 4.39 Å². The Morgan fingerprint density at radius 1 is 1.10 bits per heavy atom. The average Bonchev–Trinajstić information content (AvgIpc) is 2.87. The maximum atomic E-state index is 13.4. The van der Waals surface area contributed by atoms with Crippen LogP contribution in [-0.4, -0.2) is 18.4 Å². The largest absolute Gasteiger partial charge is 0.328 e. The van der Waals surface area contributed by atoms with E-state index < -0.39 is 0 Å². The van der Waals surface area contributed by atoms with Gasteiger partial charge in [0.05, 0.1) is 6.04 Å². The van der Waals surface area contributed by atoms with Gasteiger partial charge in [0, 0.05) is 18.7 Å². The van der Waals surface area contributed by atoms with Gasteiger partial charge in [0.1, 0.15) is 11.7 Å². The smallest absolute Gasteiger partial charge is 0.125 e. The Bertz CT molecular complexity index is 637. The summed E-state index contributed by atoms with van der Waals surface area (Å²) in [5.41, 5.74) is 2.20. The zero-order valence-corrected chi connectivity index (χ0v) is 12.2. The highest BCUT2D eigenvalue weighted by Crippen LogP contribution is 2.23. The lowest BCUT2D eigenvalue weighted by molar-refractivity contribution is 0.627. The van der Waals surface area contributed by atoms with Crippen LogP contribution in [0.15, 0.2) is 59.6 Å². The molecule has 108 valence electrons. The maximum absolute atomic E-state index is 13.4. The van der Waals surface area contributed by atoms with Crippen molar-refractivity contribution in [1.82, 2.24) is 0 Å². The number of aryl methyl sites for hydroxylation is 1. The van der Waals surface area contributed by atoms with Crippen molar-refractivity contribution in [3.8, 4) is 0 Å². The first-order valence-corrected chi connectivity index (χ1v) is 7.36. The van der Waals surface area contributed by atoms with Gasteiger partial charge >= 0.3 is 0 Å². The van der Waals surface area contributed by atoms with E-state index in [4.69, 9.17) is 4.99 Å². The summed E-state index contributed by atoms with van der Waals surface area (Å²) in [6.07, 6.45) is 1.84. The van der Waals surface area contributed by atoms with E-state index in [-0.39, 0.29) is 11.9 Å². The molecule has 0 aliphatic carbocycles. The molecular formula is C18H19FN2. The Morgan fingerprint density at radius 2 is 1.90 bits per heavy atom. The summed E-state index contributed by atoms with van der Waals surface area (Å²) in [4.78, 5) is 6.85. The van der Waals surface area contributed by atoms with E-state index in [0.29, 0.717) is 0 Å². The zero-order valence-electron chi connectivity index (χ0n) is 12.2.